The van der Waals surface area contributed by atoms with E-state index in [-0.39, 0.29) is 22.9 Å². The second-order valence-corrected chi connectivity index (χ2v) is 11.9. The normalized spacial score (nSPS) is 33.1. The molecule has 0 amide bonds. The number of hydrogen-bond acceptors (Lipinski definition) is 4. The molecule has 4 nitrogen and oxygen atoms in total. The average Bonchev–Trinajstić information content (AvgIpc) is 3.11. The lowest BCUT2D eigenvalue weighted by Gasteiger charge is -2.53. The first-order valence-electron chi connectivity index (χ1n) is 13.6. The molecule has 0 aliphatic heterocycles. The summed E-state index contributed by atoms with van der Waals surface area (Å²) in [5.41, 5.74) is 5.34. The van der Waals surface area contributed by atoms with Crippen LogP contribution < -0.4 is 4.90 Å². The van der Waals surface area contributed by atoms with Crippen molar-refractivity contribution in [2.75, 3.05) is 19.0 Å². The highest BCUT2D eigenvalue weighted by Gasteiger charge is 2.62. The Morgan fingerprint density at radius 1 is 1.14 bits per heavy atom. The van der Waals surface area contributed by atoms with Crippen molar-refractivity contribution in [3.63, 3.8) is 0 Å². The minimum Gasteiger partial charge on any atom is -0.378 e. The van der Waals surface area contributed by atoms with Crippen molar-refractivity contribution in [2.45, 2.75) is 83.2 Å². The number of allylic oxidation sites excluding steroid dienone is 4. The summed E-state index contributed by atoms with van der Waals surface area (Å²) in [5.74, 6) is 7.85. The standard InChI is InChI=1S/C32H39NO3/c1-21(34)7-5-6-17-32(36)18-16-29-27-14-10-23-19-25(35)13-15-26(23)30(27)28(20-31(29,32)2)22-8-11-24(12-9-22)33(3)4/h8-9,11-12,19,27-29,36H,5,7,10,13-16,18,20H2,1-4H3/t27-,28+,29-,31-,32-/m0/s1. The number of anilines is 1. The van der Waals surface area contributed by atoms with Crippen molar-refractivity contribution >= 4 is 17.3 Å². The Balaban J connectivity index is 1.59. The smallest absolute Gasteiger partial charge is 0.156 e. The number of carbonyl (C=O) groups excluding carboxylic acids is 2. The predicted molar refractivity (Wildman–Crippen MR) is 144 cm³/mol. The van der Waals surface area contributed by atoms with Crippen LogP contribution >= 0.6 is 0 Å². The minimum absolute atomic E-state index is 0.138. The van der Waals surface area contributed by atoms with Crippen LogP contribution in [0.2, 0.25) is 0 Å². The number of nitrogens with zero attached hydrogens (tertiary/aromatic N) is 1. The quantitative estimate of drug-likeness (QED) is 0.551. The van der Waals surface area contributed by atoms with Gasteiger partial charge in [-0.15, -0.1) is 0 Å². The first-order valence-corrected chi connectivity index (χ1v) is 13.6. The number of fused-ring (bicyclic) bond motifs is 4. The second kappa shape index (κ2) is 9.34. The van der Waals surface area contributed by atoms with Crippen LogP contribution in [0.5, 0.6) is 0 Å². The third kappa shape index (κ3) is 4.16. The van der Waals surface area contributed by atoms with Crippen molar-refractivity contribution in [1.29, 1.82) is 0 Å². The van der Waals surface area contributed by atoms with Gasteiger partial charge in [0.05, 0.1) is 0 Å². The van der Waals surface area contributed by atoms with Crippen molar-refractivity contribution in [2.24, 2.45) is 17.3 Å². The molecule has 4 aliphatic carbocycles. The van der Waals surface area contributed by atoms with E-state index >= 15 is 0 Å². The van der Waals surface area contributed by atoms with Crippen LogP contribution in [0, 0.1) is 29.1 Å². The molecular weight excluding hydrogens is 446 g/mol. The van der Waals surface area contributed by atoms with E-state index < -0.39 is 5.60 Å². The lowest BCUT2D eigenvalue weighted by Crippen LogP contribution is -2.51. The summed E-state index contributed by atoms with van der Waals surface area (Å²) in [6, 6.07) is 8.90. The third-order valence-corrected chi connectivity index (χ3v) is 9.60. The van der Waals surface area contributed by atoms with E-state index in [4.69, 9.17) is 0 Å². The topological polar surface area (TPSA) is 57.6 Å². The molecule has 0 unspecified atom stereocenters. The molecule has 0 radical (unpaired) electrons. The summed E-state index contributed by atoms with van der Waals surface area (Å²) in [5, 5.41) is 12.0. The van der Waals surface area contributed by atoms with Gasteiger partial charge in [0, 0.05) is 50.4 Å². The second-order valence-electron chi connectivity index (χ2n) is 11.9. The number of rotatable bonds is 4. The van der Waals surface area contributed by atoms with Crippen molar-refractivity contribution in [3.8, 4) is 11.8 Å². The molecule has 0 aromatic heterocycles. The van der Waals surface area contributed by atoms with E-state index in [1.54, 1.807) is 6.92 Å². The molecule has 5 atom stereocenters. The van der Waals surface area contributed by atoms with E-state index in [2.05, 4.69) is 62.0 Å². The average molecular weight is 486 g/mol. The first-order chi connectivity index (χ1) is 17.1. The van der Waals surface area contributed by atoms with E-state index in [1.807, 2.05) is 6.08 Å². The predicted octanol–water partition coefficient (Wildman–Crippen LogP) is 5.76. The van der Waals surface area contributed by atoms with Crippen molar-refractivity contribution in [1.82, 2.24) is 0 Å². The molecule has 2 saturated carbocycles. The number of benzene rings is 1. The van der Waals surface area contributed by atoms with Crippen LogP contribution in [0.15, 0.2) is 47.1 Å². The lowest BCUT2D eigenvalue weighted by atomic mass is 9.51. The van der Waals surface area contributed by atoms with Gasteiger partial charge in [-0.2, -0.15) is 0 Å². The van der Waals surface area contributed by atoms with Crippen LogP contribution in [0.4, 0.5) is 5.69 Å². The Hall–Kier alpha value is -2.64. The largest absolute Gasteiger partial charge is 0.378 e. The fraction of sp³-hybridized carbons (Fsp3) is 0.562. The van der Waals surface area contributed by atoms with E-state index in [0.717, 1.165) is 32.1 Å². The molecule has 1 N–H and O–H groups in total. The van der Waals surface area contributed by atoms with Crippen LogP contribution in [0.25, 0.3) is 0 Å². The zero-order chi connectivity index (χ0) is 25.7. The fourth-order valence-electron chi connectivity index (χ4n) is 7.62. The molecule has 0 heterocycles. The molecule has 5 rings (SSSR count). The molecule has 1 aromatic carbocycles. The zero-order valence-corrected chi connectivity index (χ0v) is 22.2. The molecule has 0 spiro atoms. The minimum atomic E-state index is -1.04. The number of carbonyl (C=O) groups is 2. The highest BCUT2D eigenvalue weighted by atomic mass is 16.3. The molecular formula is C32H39NO3. The fourth-order valence-corrected chi connectivity index (χ4v) is 7.62. The number of hydrogen-bond donors (Lipinski definition) is 1. The molecule has 4 aliphatic rings. The van der Waals surface area contributed by atoms with Gasteiger partial charge in [-0.25, -0.2) is 0 Å². The molecule has 0 saturated heterocycles. The summed E-state index contributed by atoms with van der Waals surface area (Å²) in [7, 11) is 4.12. The van der Waals surface area contributed by atoms with Gasteiger partial charge in [0.1, 0.15) is 11.4 Å². The Kier molecular flexibility index (Phi) is 6.50. The highest BCUT2D eigenvalue weighted by molar-refractivity contribution is 5.93. The Morgan fingerprint density at radius 2 is 1.89 bits per heavy atom. The Morgan fingerprint density at radius 3 is 2.58 bits per heavy atom. The highest BCUT2D eigenvalue weighted by Crippen LogP contribution is 2.66. The molecule has 2 fully saturated rings. The van der Waals surface area contributed by atoms with Crippen molar-refractivity contribution in [3.05, 3.63) is 52.6 Å². The summed E-state index contributed by atoms with van der Waals surface area (Å²) >= 11 is 0. The summed E-state index contributed by atoms with van der Waals surface area (Å²) in [4.78, 5) is 25.8. The van der Waals surface area contributed by atoms with Gasteiger partial charge < -0.3 is 10.0 Å². The van der Waals surface area contributed by atoms with Crippen LogP contribution in [0.3, 0.4) is 0 Å². The van der Waals surface area contributed by atoms with Gasteiger partial charge in [-0.3, -0.25) is 9.59 Å². The summed E-state index contributed by atoms with van der Waals surface area (Å²) < 4.78 is 0. The van der Waals surface area contributed by atoms with Gasteiger partial charge in [-0.1, -0.05) is 36.5 Å². The zero-order valence-electron chi connectivity index (χ0n) is 22.2. The Labute approximate surface area is 215 Å². The van der Waals surface area contributed by atoms with E-state index in [1.165, 1.54) is 28.0 Å². The number of Topliss-reactive ketones (excluding diaryl/α,β-unsaturated/α-hetero) is 1. The van der Waals surface area contributed by atoms with Gasteiger partial charge >= 0.3 is 0 Å². The summed E-state index contributed by atoms with van der Waals surface area (Å²) in [6.45, 7) is 3.86. The molecule has 1 aromatic rings. The third-order valence-electron chi connectivity index (χ3n) is 9.60. The molecule has 190 valence electrons. The summed E-state index contributed by atoms with van der Waals surface area (Å²) in [6.07, 6.45) is 8.83. The molecule has 4 heteroatoms. The number of aliphatic hydroxyl groups is 1. The SMILES string of the molecule is CC(=O)CCC#C[C@]1(O)CC[C@H]2[C@@H]3CCC4=CC(=O)CCC4=C3[C@@H](c3ccc(N(C)C)cc3)C[C@@]21C. The van der Waals surface area contributed by atoms with Gasteiger partial charge in [0.2, 0.25) is 0 Å². The van der Waals surface area contributed by atoms with E-state index in [9.17, 15) is 14.7 Å². The van der Waals surface area contributed by atoms with Crippen LogP contribution in [0.1, 0.15) is 83.1 Å². The molecule has 36 heavy (non-hydrogen) atoms. The van der Waals surface area contributed by atoms with Crippen molar-refractivity contribution < 1.29 is 14.7 Å². The maximum absolute atomic E-state index is 12.2. The monoisotopic (exact) mass is 485 g/mol. The maximum Gasteiger partial charge on any atom is 0.156 e. The van der Waals surface area contributed by atoms with Gasteiger partial charge in [0.25, 0.3) is 0 Å². The van der Waals surface area contributed by atoms with E-state index in [0.29, 0.717) is 37.5 Å². The maximum atomic E-state index is 12.2. The van der Waals surface area contributed by atoms with Crippen LogP contribution in [-0.4, -0.2) is 36.4 Å². The van der Waals surface area contributed by atoms with Gasteiger partial charge in [-0.05, 0) is 92.2 Å². The van der Waals surface area contributed by atoms with Crippen LogP contribution in [-0.2, 0) is 9.59 Å². The molecule has 0 bridgehead atoms. The lowest BCUT2D eigenvalue weighted by molar-refractivity contribution is -0.117. The first kappa shape index (κ1) is 25.0. The van der Waals surface area contributed by atoms with Gasteiger partial charge in [0.15, 0.2) is 5.78 Å². The number of ketones is 2. The Bertz CT molecular complexity index is 1190.